The number of aliphatic hydroxyl groups is 1. The molecule has 1 unspecified atom stereocenters. The molecule has 0 aliphatic heterocycles. The van der Waals surface area contributed by atoms with Gasteiger partial charge in [-0.05, 0) is 26.2 Å². The minimum atomic E-state index is -0.600. The van der Waals surface area contributed by atoms with Crippen LogP contribution in [0.5, 0.6) is 0 Å². The molecule has 0 aliphatic rings. The van der Waals surface area contributed by atoms with E-state index in [9.17, 15) is 19.5 Å². The highest BCUT2D eigenvalue weighted by Gasteiger charge is 2.19. The lowest BCUT2D eigenvalue weighted by Gasteiger charge is -2.23. The van der Waals surface area contributed by atoms with Crippen LogP contribution in [-0.2, 0) is 19.2 Å². The number of unbranched alkanes of at least 4 members (excludes halogenated alkanes) is 1. The smallest absolute Gasteiger partial charge is 0.239 e. The molecule has 12 nitrogen and oxygen atoms in total. The Morgan fingerprint density at radius 2 is 1.90 bits per heavy atom. The maximum Gasteiger partial charge on any atom is 0.239 e. The van der Waals surface area contributed by atoms with Crippen molar-refractivity contribution in [3.05, 3.63) is 0 Å². The summed E-state index contributed by atoms with van der Waals surface area (Å²) in [5, 5.41) is 21.9. The Hall–Kier alpha value is -2.44. The number of nitrogens with one attached hydrogen (secondary N) is 3. The molecule has 0 aliphatic carbocycles. The first kappa shape index (κ1) is 28.6. The second-order valence-corrected chi connectivity index (χ2v) is 6.99. The second kappa shape index (κ2) is 17.3. The first-order valence-corrected chi connectivity index (χ1v) is 10.6. The molecule has 0 saturated carbocycles. The van der Waals surface area contributed by atoms with Crippen molar-refractivity contribution in [2.45, 2.75) is 51.6 Å². The summed E-state index contributed by atoms with van der Waals surface area (Å²) in [6.07, 6.45) is 2.32. The topological polar surface area (TPSA) is 184 Å². The highest BCUT2D eigenvalue weighted by molar-refractivity contribution is 5.88. The Bertz CT molecular complexity index is 574. The number of primary amides is 1. The lowest BCUT2D eigenvalue weighted by atomic mass is 10.1. The second-order valence-electron chi connectivity index (χ2n) is 6.99. The van der Waals surface area contributed by atoms with Crippen molar-refractivity contribution >= 4 is 23.6 Å². The van der Waals surface area contributed by atoms with Crippen LogP contribution >= 0.6 is 0 Å². The molecular formula is C19H39N7O5. The van der Waals surface area contributed by atoms with Gasteiger partial charge in [0.1, 0.15) is 6.61 Å². The van der Waals surface area contributed by atoms with Crippen LogP contribution in [-0.4, -0.2) is 92.1 Å². The number of amidine groups is 1. The summed E-state index contributed by atoms with van der Waals surface area (Å²) in [6, 6.07) is -1.20. The van der Waals surface area contributed by atoms with E-state index in [-0.39, 0.29) is 38.1 Å². The third-order valence-electron chi connectivity index (χ3n) is 4.41. The summed E-state index contributed by atoms with van der Waals surface area (Å²) in [6.45, 7) is 4.43. The minimum absolute atomic E-state index is 0.0144. The molecule has 8 N–H and O–H groups in total. The SMILES string of the molecule is CCO/N=C(/CN)N(C)CC(=O)N[C@@H](CO)CNC(CCCCNC(=O)CC)C(N)=O. The minimum Gasteiger partial charge on any atom is -0.395 e. The molecule has 31 heavy (non-hydrogen) atoms. The molecule has 3 amide bonds. The number of amides is 3. The van der Waals surface area contributed by atoms with Crippen LogP contribution in [0.15, 0.2) is 5.16 Å². The highest BCUT2D eigenvalue weighted by atomic mass is 16.6. The van der Waals surface area contributed by atoms with Crippen molar-refractivity contribution in [1.82, 2.24) is 20.9 Å². The molecule has 0 spiro atoms. The van der Waals surface area contributed by atoms with Gasteiger partial charge in [0.2, 0.25) is 17.7 Å². The quantitative estimate of drug-likeness (QED) is 0.0633. The van der Waals surface area contributed by atoms with Crippen LogP contribution in [0.1, 0.15) is 39.5 Å². The fourth-order valence-electron chi connectivity index (χ4n) is 2.60. The monoisotopic (exact) mass is 445 g/mol. The van der Waals surface area contributed by atoms with E-state index in [1.54, 1.807) is 25.8 Å². The third kappa shape index (κ3) is 13.5. The van der Waals surface area contributed by atoms with E-state index >= 15 is 0 Å². The predicted octanol–water partition coefficient (Wildman–Crippen LogP) is -2.16. The van der Waals surface area contributed by atoms with Crippen molar-refractivity contribution < 1.29 is 24.3 Å². The molecule has 2 atom stereocenters. The molecule has 0 heterocycles. The Morgan fingerprint density at radius 3 is 2.45 bits per heavy atom. The molecular weight excluding hydrogens is 406 g/mol. The summed E-state index contributed by atoms with van der Waals surface area (Å²) in [7, 11) is 1.66. The normalized spacial score (nSPS) is 13.3. The Labute approximate surface area is 184 Å². The van der Waals surface area contributed by atoms with E-state index < -0.39 is 18.0 Å². The maximum absolute atomic E-state index is 12.3. The molecule has 0 radical (unpaired) electrons. The van der Waals surface area contributed by atoms with Gasteiger partial charge in [-0.1, -0.05) is 12.1 Å². The molecule has 0 aromatic rings. The molecule has 12 heteroatoms. The van der Waals surface area contributed by atoms with Gasteiger partial charge < -0.3 is 42.3 Å². The van der Waals surface area contributed by atoms with E-state index in [0.717, 1.165) is 6.42 Å². The number of carbonyl (C=O) groups excluding carboxylic acids is 3. The van der Waals surface area contributed by atoms with Gasteiger partial charge in [0.05, 0.1) is 31.8 Å². The third-order valence-corrected chi connectivity index (χ3v) is 4.41. The summed E-state index contributed by atoms with van der Waals surface area (Å²) in [4.78, 5) is 41.7. The van der Waals surface area contributed by atoms with Gasteiger partial charge in [0.25, 0.3) is 0 Å². The van der Waals surface area contributed by atoms with Gasteiger partial charge >= 0.3 is 0 Å². The van der Waals surface area contributed by atoms with Gasteiger partial charge in [0, 0.05) is 26.6 Å². The fraction of sp³-hybridized carbons (Fsp3) is 0.789. The van der Waals surface area contributed by atoms with Crippen LogP contribution in [0.2, 0.25) is 0 Å². The van der Waals surface area contributed by atoms with Crippen molar-refractivity contribution in [2.24, 2.45) is 16.6 Å². The van der Waals surface area contributed by atoms with Crippen molar-refractivity contribution in [3.8, 4) is 0 Å². The van der Waals surface area contributed by atoms with Gasteiger partial charge in [0.15, 0.2) is 5.84 Å². The number of likely N-dealkylation sites (N-methyl/N-ethyl adjacent to an activating group) is 1. The lowest BCUT2D eigenvalue weighted by Crippen LogP contribution is -2.52. The Kier molecular flexibility index (Phi) is 15.9. The van der Waals surface area contributed by atoms with Crippen molar-refractivity contribution in [2.75, 3.05) is 46.4 Å². The van der Waals surface area contributed by atoms with Crippen LogP contribution in [0, 0.1) is 0 Å². The lowest BCUT2D eigenvalue weighted by molar-refractivity contribution is -0.122. The molecule has 0 aromatic heterocycles. The van der Waals surface area contributed by atoms with Gasteiger partial charge in [-0.25, -0.2) is 0 Å². The average molecular weight is 446 g/mol. The van der Waals surface area contributed by atoms with Crippen molar-refractivity contribution in [1.29, 1.82) is 0 Å². The summed E-state index contributed by atoms with van der Waals surface area (Å²) in [5.74, 6) is -0.456. The highest BCUT2D eigenvalue weighted by Crippen LogP contribution is 2.01. The molecule has 0 rings (SSSR count). The van der Waals surface area contributed by atoms with Gasteiger partial charge in [-0.15, -0.1) is 0 Å². The summed E-state index contributed by atoms with van der Waals surface area (Å²) >= 11 is 0. The van der Waals surface area contributed by atoms with E-state index in [1.165, 1.54) is 0 Å². The Balaban J connectivity index is 4.46. The number of nitrogens with two attached hydrogens (primary N) is 2. The number of aliphatic hydroxyl groups excluding tert-OH is 1. The number of oxime groups is 1. The number of hydrogen-bond acceptors (Lipinski definition) is 8. The van der Waals surface area contributed by atoms with Crippen LogP contribution in [0.4, 0.5) is 0 Å². The van der Waals surface area contributed by atoms with Crippen LogP contribution in [0.25, 0.3) is 0 Å². The number of hydrogen-bond donors (Lipinski definition) is 6. The van der Waals surface area contributed by atoms with Crippen molar-refractivity contribution in [3.63, 3.8) is 0 Å². The Morgan fingerprint density at radius 1 is 1.19 bits per heavy atom. The van der Waals surface area contributed by atoms with Crippen LogP contribution in [0.3, 0.4) is 0 Å². The zero-order valence-electron chi connectivity index (χ0n) is 18.9. The van der Waals surface area contributed by atoms with E-state index in [0.29, 0.717) is 38.2 Å². The number of carbonyl (C=O) groups is 3. The first-order chi connectivity index (χ1) is 14.8. The van der Waals surface area contributed by atoms with E-state index in [4.69, 9.17) is 16.3 Å². The summed E-state index contributed by atoms with van der Waals surface area (Å²) in [5.41, 5.74) is 11.0. The molecule has 0 fully saturated rings. The number of nitrogens with zero attached hydrogens (tertiary/aromatic N) is 2. The molecule has 0 bridgehead atoms. The van der Waals surface area contributed by atoms with Crippen LogP contribution < -0.4 is 27.4 Å². The largest absolute Gasteiger partial charge is 0.395 e. The van der Waals surface area contributed by atoms with Gasteiger partial charge in [-0.3, -0.25) is 14.4 Å². The molecule has 0 saturated heterocycles. The summed E-state index contributed by atoms with van der Waals surface area (Å²) < 4.78 is 0. The van der Waals surface area contributed by atoms with E-state index in [1.807, 2.05) is 0 Å². The first-order valence-electron chi connectivity index (χ1n) is 10.6. The zero-order chi connectivity index (χ0) is 23.6. The van der Waals surface area contributed by atoms with Gasteiger partial charge in [-0.2, -0.15) is 0 Å². The average Bonchev–Trinajstić information content (AvgIpc) is 2.74. The maximum atomic E-state index is 12.3. The number of rotatable bonds is 17. The van der Waals surface area contributed by atoms with E-state index in [2.05, 4.69) is 21.1 Å². The fourth-order valence-corrected chi connectivity index (χ4v) is 2.60. The molecule has 180 valence electrons. The zero-order valence-corrected chi connectivity index (χ0v) is 18.9. The molecule has 0 aromatic carbocycles. The standard InChI is InChI=1S/C19H39N7O5/c1-4-17(28)22-9-7-6-8-15(19(21)30)23-11-14(13-27)24-18(29)12-26(3)16(10-20)25-31-5-2/h14-15,23,27H,4-13,20H2,1-3H3,(H2,21,30)(H,22,28)(H,24,29)/b25-16-/t14-,15?/m1/s1. The predicted molar refractivity (Wildman–Crippen MR) is 118 cm³/mol.